The van der Waals surface area contributed by atoms with Crippen molar-refractivity contribution < 1.29 is 4.79 Å². The Morgan fingerprint density at radius 3 is 2.91 bits per heavy atom. The molecule has 1 amide bonds. The molecule has 0 saturated carbocycles. The number of rotatable bonds is 5. The van der Waals surface area contributed by atoms with Gasteiger partial charge in [0.25, 0.3) is 5.91 Å². The number of aromatic nitrogens is 4. The Kier molecular flexibility index (Phi) is 5.29. The number of nitrogens with zero attached hydrogens (tertiary/aromatic N) is 3. The van der Waals surface area contributed by atoms with Crippen LogP contribution < -0.4 is 5.32 Å². The van der Waals surface area contributed by atoms with E-state index >= 15 is 0 Å². The average molecular weight is 442 g/mol. The number of carbonyl (C=O) groups excluding carboxylic acids is 1. The van der Waals surface area contributed by atoms with Gasteiger partial charge in [-0.3, -0.25) is 14.9 Å². The second kappa shape index (κ2) is 8.40. The summed E-state index contributed by atoms with van der Waals surface area (Å²) in [6.45, 7) is 2.31. The Balaban J connectivity index is 1.31. The zero-order chi connectivity index (χ0) is 22.1. The number of hydrogen-bond acceptors (Lipinski definition) is 4. The number of carbonyl (C=O) groups is 1. The van der Waals surface area contributed by atoms with Crippen LogP contribution in [0.25, 0.3) is 21.8 Å². The van der Waals surface area contributed by atoms with Gasteiger partial charge >= 0.3 is 0 Å². The molecule has 0 saturated heterocycles. The number of fused-ring (bicyclic) bond motifs is 2. The van der Waals surface area contributed by atoms with E-state index in [9.17, 15) is 4.79 Å². The highest BCUT2D eigenvalue weighted by molar-refractivity contribution is 6.31. The quantitative estimate of drug-likeness (QED) is 0.402. The molecule has 158 valence electrons. The molecule has 2 N–H and O–H groups in total. The van der Waals surface area contributed by atoms with Gasteiger partial charge in [-0.25, -0.2) is 4.98 Å². The fourth-order valence-corrected chi connectivity index (χ4v) is 3.92. The molecule has 5 aromatic rings. The van der Waals surface area contributed by atoms with Gasteiger partial charge < -0.3 is 5.32 Å². The highest BCUT2D eigenvalue weighted by Crippen LogP contribution is 2.21. The first-order valence-corrected chi connectivity index (χ1v) is 10.6. The van der Waals surface area contributed by atoms with E-state index in [1.165, 1.54) is 0 Å². The normalized spacial score (nSPS) is 11.2. The van der Waals surface area contributed by atoms with Crippen molar-refractivity contribution in [3.8, 4) is 0 Å². The predicted molar refractivity (Wildman–Crippen MR) is 126 cm³/mol. The lowest BCUT2D eigenvalue weighted by Gasteiger charge is -2.07. The van der Waals surface area contributed by atoms with E-state index in [1.807, 2.05) is 49.5 Å². The van der Waals surface area contributed by atoms with Crippen LogP contribution in [0.3, 0.4) is 0 Å². The molecule has 0 unspecified atom stereocenters. The van der Waals surface area contributed by atoms with E-state index in [0.717, 1.165) is 44.3 Å². The molecule has 6 nitrogen and oxygen atoms in total. The third-order valence-corrected chi connectivity index (χ3v) is 5.56. The van der Waals surface area contributed by atoms with Crippen molar-refractivity contribution in [3.63, 3.8) is 0 Å². The third-order valence-electron chi connectivity index (χ3n) is 5.33. The number of nitrogens with one attached hydrogen (secondary N) is 2. The van der Waals surface area contributed by atoms with E-state index < -0.39 is 0 Å². The Morgan fingerprint density at radius 1 is 1.09 bits per heavy atom. The summed E-state index contributed by atoms with van der Waals surface area (Å²) < 4.78 is 0. The Hall–Kier alpha value is -3.77. The molecule has 0 spiro atoms. The molecule has 32 heavy (non-hydrogen) atoms. The highest BCUT2D eigenvalue weighted by atomic mass is 35.5. The molecule has 0 fully saturated rings. The summed E-state index contributed by atoms with van der Waals surface area (Å²) in [5.74, 6) is -0.247. The van der Waals surface area contributed by atoms with Crippen LogP contribution in [0.2, 0.25) is 5.02 Å². The van der Waals surface area contributed by atoms with E-state index in [-0.39, 0.29) is 12.5 Å². The van der Waals surface area contributed by atoms with Crippen LogP contribution in [0.15, 0.2) is 66.9 Å². The fourth-order valence-electron chi connectivity index (χ4n) is 3.74. The van der Waals surface area contributed by atoms with Crippen LogP contribution in [0, 0.1) is 6.92 Å². The van der Waals surface area contributed by atoms with Gasteiger partial charge in [0.1, 0.15) is 5.69 Å². The van der Waals surface area contributed by atoms with Crippen molar-refractivity contribution in [2.75, 3.05) is 0 Å². The van der Waals surface area contributed by atoms with E-state index in [1.54, 1.807) is 12.1 Å². The summed E-state index contributed by atoms with van der Waals surface area (Å²) in [4.78, 5) is 21.7. The number of amides is 1. The molecule has 0 aliphatic heterocycles. The van der Waals surface area contributed by atoms with Gasteiger partial charge in [-0.2, -0.15) is 5.10 Å². The summed E-state index contributed by atoms with van der Waals surface area (Å²) in [6.07, 6.45) is 2.50. The summed E-state index contributed by atoms with van der Waals surface area (Å²) in [5, 5.41) is 12.7. The van der Waals surface area contributed by atoms with E-state index in [0.29, 0.717) is 17.1 Å². The van der Waals surface area contributed by atoms with Gasteiger partial charge in [0.05, 0.1) is 23.3 Å². The Bertz CT molecular complexity index is 1460. The Morgan fingerprint density at radius 2 is 2.00 bits per heavy atom. The van der Waals surface area contributed by atoms with Crippen LogP contribution in [-0.2, 0) is 13.0 Å². The molecule has 2 aromatic carbocycles. The second-order valence-electron chi connectivity index (χ2n) is 7.77. The van der Waals surface area contributed by atoms with Crippen molar-refractivity contribution >= 4 is 39.3 Å². The number of benzene rings is 2. The maximum atomic E-state index is 12.7. The minimum Gasteiger partial charge on any atom is -0.345 e. The van der Waals surface area contributed by atoms with Crippen LogP contribution in [-0.4, -0.2) is 26.1 Å². The third kappa shape index (κ3) is 4.18. The molecular weight excluding hydrogens is 422 g/mol. The number of halogens is 1. The molecule has 0 radical (unpaired) electrons. The van der Waals surface area contributed by atoms with Crippen molar-refractivity contribution in [2.45, 2.75) is 19.9 Å². The minimum atomic E-state index is -0.247. The van der Waals surface area contributed by atoms with E-state index in [2.05, 4.69) is 37.6 Å². The summed E-state index contributed by atoms with van der Waals surface area (Å²) in [5.41, 5.74) is 6.01. The first-order valence-electron chi connectivity index (χ1n) is 10.3. The maximum absolute atomic E-state index is 12.7. The molecule has 0 atom stereocenters. The smallest absolute Gasteiger partial charge is 0.270 e. The molecule has 0 bridgehead atoms. The molecular formula is C25H20ClN5O. The SMILES string of the molecule is Cc1cnc2ccc(Cc3cccc(C(=O)NCc4n[nH]c5ccc(Cl)cc45)n3)cc2c1. The molecule has 3 heterocycles. The lowest BCUT2D eigenvalue weighted by Crippen LogP contribution is -2.24. The summed E-state index contributed by atoms with van der Waals surface area (Å²) in [6, 6.07) is 19.3. The number of hydrogen-bond donors (Lipinski definition) is 2. The Labute approximate surface area is 189 Å². The van der Waals surface area contributed by atoms with Gasteiger partial charge in [0, 0.05) is 34.1 Å². The van der Waals surface area contributed by atoms with Gasteiger partial charge in [-0.15, -0.1) is 0 Å². The lowest BCUT2D eigenvalue weighted by atomic mass is 10.1. The summed E-state index contributed by atoms with van der Waals surface area (Å²) in [7, 11) is 0. The molecule has 5 rings (SSSR count). The first kappa shape index (κ1) is 20.2. The highest BCUT2D eigenvalue weighted by Gasteiger charge is 2.12. The zero-order valence-corrected chi connectivity index (χ0v) is 18.1. The van der Waals surface area contributed by atoms with Crippen LogP contribution >= 0.6 is 11.6 Å². The molecule has 3 aromatic heterocycles. The van der Waals surface area contributed by atoms with Crippen molar-refractivity contribution in [1.29, 1.82) is 0 Å². The topological polar surface area (TPSA) is 83.6 Å². The molecule has 7 heteroatoms. The predicted octanol–water partition coefficient (Wildman–Crippen LogP) is 4.99. The monoisotopic (exact) mass is 441 g/mol. The zero-order valence-electron chi connectivity index (χ0n) is 17.4. The average Bonchev–Trinajstić information content (AvgIpc) is 3.19. The largest absolute Gasteiger partial charge is 0.345 e. The van der Waals surface area contributed by atoms with Crippen molar-refractivity contribution in [1.82, 2.24) is 25.5 Å². The van der Waals surface area contributed by atoms with E-state index in [4.69, 9.17) is 11.6 Å². The van der Waals surface area contributed by atoms with Crippen LogP contribution in [0.4, 0.5) is 0 Å². The number of aryl methyl sites for hydroxylation is 1. The maximum Gasteiger partial charge on any atom is 0.270 e. The van der Waals surface area contributed by atoms with Gasteiger partial charge in [-0.05, 0) is 66.6 Å². The van der Waals surface area contributed by atoms with Crippen molar-refractivity contribution in [3.05, 3.63) is 100 Å². The number of H-pyrrole nitrogens is 1. The van der Waals surface area contributed by atoms with Gasteiger partial charge in [-0.1, -0.05) is 23.7 Å². The van der Waals surface area contributed by atoms with Crippen molar-refractivity contribution in [2.24, 2.45) is 0 Å². The number of pyridine rings is 2. The van der Waals surface area contributed by atoms with Gasteiger partial charge in [0.15, 0.2) is 0 Å². The fraction of sp³-hybridized carbons (Fsp3) is 0.120. The summed E-state index contributed by atoms with van der Waals surface area (Å²) >= 11 is 6.09. The lowest BCUT2D eigenvalue weighted by molar-refractivity contribution is 0.0945. The first-order chi connectivity index (χ1) is 15.5. The van der Waals surface area contributed by atoms with Gasteiger partial charge in [0.2, 0.25) is 0 Å². The standard InChI is InChI=1S/C25H20ClN5O/c1-15-9-17-10-16(5-7-21(17)27-13-15)11-19-3-2-4-23(29-19)25(32)28-14-24-20-12-18(26)6-8-22(20)30-31-24/h2-10,12-13H,11,14H2,1H3,(H,28,32)(H,30,31). The molecule has 0 aliphatic carbocycles. The minimum absolute atomic E-state index is 0.247. The number of aromatic amines is 1. The second-order valence-corrected chi connectivity index (χ2v) is 8.21. The van der Waals surface area contributed by atoms with Crippen LogP contribution in [0.1, 0.15) is 33.0 Å². The van der Waals surface area contributed by atoms with Crippen LogP contribution in [0.5, 0.6) is 0 Å². The molecule has 0 aliphatic rings.